The maximum absolute atomic E-state index is 7.10. The summed E-state index contributed by atoms with van der Waals surface area (Å²) in [5.74, 6) is -0.0291. The molecule has 0 aliphatic heterocycles. The van der Waals surface area contributed by atoms with Crippen LogP contribution in [0.5, 0.6) is 0 Å². The number of nitrogens with one attached hydrogen (secondary N) is 2. The highest BCUT2D eigenvalue weighted by molar-refractivity contribution is 5.89. The van der Waals surface area contributed by atoms with E-state index in [-0.39, 0.29) is 5.96 Å². The van der Waals surface area contributed by atoms with Crippen molar-refractivity contribution < 1.29 is 0 Å². The van der Waals surface area contributed by atoms with Crippen LogP contribution < -0.4 is 11.1 Å². The fourth-order valence-electron chi connectivity index (χ4n) is 1.47. The molecule has 82 valence electrons. The van der Waals surface area contributed by atoms with Gasteiger partial charge in [-0.05, 0) is 29.5 Å². The molecule has 0 saturated heterocycles. The number of guanidine groups is 1. The summed E-state index contributed by atoms with van der Waals surface area (Å²) in [5.41, 5.74) is 7.70. The molecule has 0 aromatic heterocycles. The number of hydrogen-bond donors (Lipinski definition) is 3. The zero-order valence-corrected chi connectivity index (χ0v) is 9.59. The van der Waals surface area contributed by atoms with Gasteiger partial charge in [-0.2, -0.15) is 0 Å². The molecule has 0 saturated carbocycles. The van der Waals surface area contributed by atoms with Gasteiger partial charge in [0, 0.05) is 5.69 Å². The van der Waals surface area contributed by atoms with Gasteiger partial charge in [0.05, 0.1) is 0 Å². The smallest absolute Gasteiger partial charge is 0.190 e. The first-order valence-electron chi connectivity index (χ1n) is 5.07. The summed E-state index contributed by atoms with van der Waals surface area (Å²) in [4.78, 5) is 0. The van der Waals surface area contributed by atoms with E-state index in [4.69, 9.17) is 11.1 Å². The van der Waals surface area contributed by atoms with Gasteiger partial charge in [-0.25, -0.2) is 0 Å². The van der Waals surface area contributed by atoms with E-state index in [2.05, 4.69) is 38.2 Å². The molecule has 1 aromatic rings. The van der Waals surface area contributed by atoms with E-state index in [1.54, 1.807) is 0 Å². The Bertz CT molecular complexity index is 333. The largest absolute Gasteiger partial charge is 0.370 e. The fourth-order valence-corrected chi connectivity index (χ4v) is 1.47. The van der Waals surface area contributed by atoms with Crippen molar-refractivity contribution in [1.29, 1.82) is 5.41 Å². The van der Waals surface area contributed by atoms with Crippen molar-refractivity contribution in [1.82, 2.24) is 0 Å². The van der Waals surface area contributed by atoms with Gasteiger partial charge in [0.2, 0.25) is 0 Å². The number of hydrogen-bond acceptors (Lipinski definition) is 1. The van der Waals surface area contributed by atoms with Gasteiger partial charge < -0.3 is 11.1 Å². The van der Waals surface area contributed by atoms with Gasteiger partial charge in [-0.3, -0.25) is 5.41 Å². The second-order valence-corrected chi connectivity index (χ2v) is 4.97. The molecule has 0 aliphatic rings. The molecule has 0 spiro atoms. The molecule has 15 heavy (non-hydrogen) atoms. The Balaban J connectivity index is 2.68. The lowest BCUT2D eigenvalue weighted by atomic mass is 9.88. The number of nitrogens with two attached hydrogens (primary N) is 1. The van der Waals surface area contributed by atoms with Crippen LogP contribution in [0.2, 0.25) is 0 Å². The Labute approximate surface area is 91.2 Å². The molecule has 0 amide bonds. The SMILES string of the molecule is CC(C)(C)Cc1ccc(NC(=N)N)cc1. The van der Waals surface area contributed by atoms with Crippen LogP contribution in [0.25, 0.3) is 0 Å². The van der Waals surface area contributed by atoms with Crippen LogP contribution in [0.3, 0.4) is 0 Å². The van der Waals surface area contributed by atoms with Crippen molar-refractivity contribution in [3.8, 4) is 0 Å². The lowest BCUT2D eigenvalue weighted by Gasteiger charge is -2.18. The lowest BCUT2D eigenvalue weighted by molar-refractivity contribution is 0.411. The van der Waals surface area contributed by atoms with E-state index in [1.165, 1.54) is 5.56 Å². The molecule has 0 unspecified atom stereocenters. The van der Waals surface area contributed by atoms with E-state index in [0.717, 1.165) is 12.1 Å². The zero-order valence-electron chi connectivity index (χ0n) is 9.59. The zero-order chi connectivity index (χ0) is 11.5. The van der Waals surface area contributed by atoms with Crippen molar-refractivity contribution >= 4 is 11.6 Å². The molecule has 0 atom stereocenters. The molecule has 0 fully saturated rings. The molecule has 4 N–H and O–H groups in total. The minimum atomic E-state index is -0.0291. The van der Waals surface area contributed by atoms with Crippen LogP contribution in [0.4, 0.5) is 5.69 Å². The minimum Gasteiger partial charge on any atom is -0.370 e. The summed E-state index contributed by atoms with van der Waals surface area (Å²) < 4.78 is 0. The number of benzene rings is 1. The Morgan fingerprint density at radius 1 is 1.27 bits per heavy atom. The van der Waals surface area contributed by atoms with Crippen LogP contribution in [-0.2, 0) is 6.42 Å². The molecule has 3 heteroatoms. The molecule has 3 nitrogen and oxygen atoms in total. The van der Waals surface area contributed by atoms with Crippen molar-refractivity contribution in [3.05, 3.63) is 29.8 Å². The summed E-state index contributed by atoms with van der Waals surface area (Å²) in [6.07, 6.45) is 1.05. The van der Waals surface area contributed by atoms with Crippen molar-refractivity contribution in [2.45, 2.75) is 27.2 Å². The van der Waals surface area contributed by atoms with Gasteiger partial charge in [-0.15, -0.1) is 0 Å². The Morgan fingerprint density at radius 2 is 1.80 bits per heavy atom. The predicted octanol–water partition coefficient (Wildman–Crippen LogP) is 2.58. The molecule has 1 rings (SSSR count). The van der Waals surface area contributed by atoms with Crippen molar-refractivity contribution in [2.75, 3.05) is 5.32 Å². The highest BCUT2D eigenvalue weighted by Gasteiger charge is 2.10. The highest BCUT2D eigenvalue weighted by Crippen LogP contribution is 2.21. The van der Waals surface area contributed by atoms with Crippen molar-refractivity contribution in [3.63, 3.8) is 0 Å². The normalized spacial score (nSPS) is 11.1. The van der Waals surface area contributed by atoms with Crippen LogP contribution in [-0.4, -0.2) is 5.96 Å². The predicted molar refractivity (Wildman–Crippen MR) is 65.1 cm³/mol. The van der Waals surface area contributed by atoms with Gasteiger partial charge >= 0.3 is 0 Å². The standard InChI is InChI=1S/C12H19N3/c1-12(2,3)8-9-4-6-10(7-5-9)15-11(13)14/h4-7H,8H2,1-3H3,(H4,13,14,15). The van der Waals surface area contributed by atoms with E-state index in [0.29, 0.717) is 5.41 Å². The summed E-state index contributed by atoms with van der Waals surface area (Å²) in [6.45, 7) is 6.65. The third kappa shape index (κ3) is 4.49. The summed E-state index contributed by atoms with van der Waals surface area (Å²) in [5, 5.41) is 9.85. The van der Waals surface area contributed by atoms with Crippen molar-refractivity contribution in [2.24, 2.45) is 11.1 Å². The average molecular weight is 205 g/mol. The number of rotatable bonds is 2. The van der Waals surface area contributed by atoms with E-state index in [1.807, 2.05) is 12.1 Å². The highest BCUT2D eigenvalue weighted by atomic mass is 15.0. The molecule has 0 aliphatic carbocycles. The Morgan fingerprint density at radius 3 is 2.20 bits per heavy atom. The molecular formula is C12H19N3. The molecule has 0 heterocycles. The Hall–Kier alpha value is -1.51. The van der Waals surface area contributed by atoms with E-state index in [9.17, 15) is 0 Å². The van der Waals surface area contributed by atoms with Crippen LogP contribution in [0.1, 0.15) is 26.3 Å². The molecule has 0 radical (unpaired) electrons. The second kappa shape index (κ2) is 4.34. The second-order valence-electron chi connectivity index (χ2n) is 4.97. The molecule has 1 aromatic carbocycles. The van der Waals surface area contributed by atoms with Crippen LogP contribution in [0, 0.1) is 10.8 Å². The number of anilines is 1. The van der Waals surface area contributed by atoms with Crippen LogP contribution >= 0.6 is 0 Å². The monoisotopic (exact) mass is 205 g/mol. The fraction of sp³-hybridized carbons (Fsp3) is 0.417. The quantitative estimate of drug-likeness (QED) is 0.513. The summed E-state index contributed by atoms with van der Waals surface area (Å²) >= 11 is 0. The Kier molecular flexibility index (Phi) is 3.35. The molecular weight excluding hydrogens is 186 g/mol. The minimum absolute atomic E-state index is 0.0291. The topological polar surface area (TPSA) is 61.9 Å². The van der Waals surface area contributed by atoms with E-state index >= 15 is 0 Å². The first kappa shape index (κ1) is 11.6. The third-order valence-corrected chi connectivity index (χ3v) is 1.97. The van der Waals surface area contributed by atoms with Gasteiger partial charge in [0.15, 0.2) is 5.96 Å². The average Bonchev–Trinajstić information content (AvgIpc) is 2.05. The summed E-state index contributed by atoms with van der Waals surface area (Å²) in [7, 11) is 0. The first-order chi connectivity index (χ1) is 6.87. The van der Waals surface area contributed by atoms with Gasteiger partial charge in [0.25, 0.3) is 0 Å². The van der Waals surface area contributed by atoms with Crippen LogP contribution in [0.15, 0.2) is 24.3 Å². The summed E-state index contributed by atoms with van der Waals surface area (Å²) in [6, 6.07) is 8.03. The first-order valence-corrected chi connectivity index (χ1v) is 5.07. The molecule has 0 bridgehead atoms. The van der Waals surface area contributed by atoms with Gasteiger partial charge in [-0.1, -0.05) is 32.9 Å². The van der Waals surface area contributed by atoms with Gasteiger partial charge in [0.1, 0.15) is 0 Å². The van der Waals surface area contributed by atoms with E-state index < -0.39 is 0 Å². The maximum Gasteiger partial charge on any atom is 0.190 e. The maximum atomic E-state index is 7.10. The lowest BCUT2D eigenvalue weighted by Crippen LogP contribution is -2.20. The third-order valence-electron chi connectivity index (χ3n) is 1.97.